The number of hydrogen-bond acceptors (Lipinski definition) is 4. The molecule has 5 nitrogen and oxygen atoms in total. The predicted octanol–water partition coefficient (Wildman–Crippen LogP) is 3.75. The summed E-state index contributed by atoms with van der Waals surface area (Å²) in [5.41, 5.74) is 2.57. The predicted molar refractivity (Wildman–Crippen MR) is 96.1 cm³/mol. The number of hydrogen-bond donors (Lipinski definition) is 2. The first-order chi connectivity index (χ1) is 11.8. The molecule has 2 N–H and O–H groups in total. The van der Waals surface area contributed by atoms with Crippen LogP contribution in [0.2, 0.25) is 0 Å². The lowest BCUT2D eigenvalue weighted by atomic mass is 9.97. The zero-order valence-corrected chi connectivity index (χ0v) is 14.2. The van der Waals surface area contributed by atoms with Gasteiger partial charge in [0.25, 0.3) is 0 Å². The molecule has 1 aliphatic heterocycles. The summed E-state index contributed by atoms with van der Waals surface area (Å²) in [7, 11) is 0. The van der Waals surface area contributed by atoms with Crippen molar-refractivity contribution in [2.24, 2.45) is 5.92 Å². The third-order valence-corrected chi connectivity index (χ3v) is 4.77. The highest BCUT2D eigenvalue weighted by molar-refractivity contribution is 5.91. The van der Waals surface area contributed by atoms with Crippen LogP contribution in [0.4, 0.5) is 11.5 Å². The number of carbonyl (C=O) groups excluding carboxylic acids is 1. The highest BCUT2D eigenvalue weighted by atomic mass is 16.5. The van der Waals surface area contributed by atoms with E-state index >= 15 is 0 Å². The van der Waals surface area contributed by atoms with Crippen molar-refractivity contribution in [3.05, 3.63) is 30.0 Å². The number of allylic oxidation sites excluding steroid dienone is 1. The minimum atomic E-state index is 0.0436. The molecule has 0 bridgehead atoms. The maximum Gasteiger partial charge on any atom is 0.228 e. The molecule has 24 heavy (non-hydrogen) atoms. The summed E-state index contributed by atoms with van der Waals surface area (Å²) in [4.78, 5) is 16.5. The quantitative estimate of drug-likeness (QED) is 0.780. The Morgan fingerprint density at radius 2 is 2.12 bits per heavy atom. The molecular formula is C19H27N3O2. The zero-order chi connectivity index (χ0) is 16.6. The van der Waals surface area contributed by atoms with Crippen molar-refractivity contribution >= 4 is 17.4 Å². The minimum Gasteiger partial charge on any atom is -0.383 e. The van der Waals surface area contributed by atoms with E-state index < -0.39 is 0 Å². The molecule has 1 amide bonds. The van der Waals surface area contributed by atoms with Crippen molar-refractivity contribution in [1.82, 2.24) is 4.98 Å². The Morgan fingerprint density at radius 1 is 1.25 bits per heavy atom. The van der Waals surface area contributed by atoms with Crippen LogP contribution in [-0.4, -0.2) is 30.6 Å². The van der Waals surface area contributed by atoms with Gasteiger partial charge in [0.15, 0.2) is 0 Å². The summed E-state index contributed by atoms with van der Waals surface area (Å²) in [6, 6.07) is 3.83. The van der Waals surface area contributed by atoms with Crippen molar-refractivity contribution in [2.45, 2.75) is 44.9 Å². The summed E-state index contributed by atoms with van der Waals surface area (Å²) >= 11 is 0. The standard InChI is InChI=1S/C19H27N3O2/c23-19(16-9-12-24-13-10-16)22-18-7-6-17(14-21-18)20-11-8-15-4-2-1-3-5-15/h4,6-7,14,16,20H,1-3,5,8-13H2,(H,21,22,23). The van der Waals surface area contributed by atoms with Gasteiger partial charge in [-0.2, -0.15) is 0 Å². The van der Waals surface area contributed by atoms with Crippen LogP contribution >= 0.6 is 0 Å². The molecule has 1 saturated heterocycles. The SMILES string of the molecule is O=C(Nc1ccc(NCCC2=CCCCC2)cn1)C1CCOCC1. The lowest BCUT2D eigenvalue weighted by Crippen LogP contribution is -2.28. The van der Waals surface area contributed by atoms with Crippen LogP contribution in [0.1, 0.15) is 44.9 Å². The molecule has 1 aromatic heterocycles. The molecule has 1 aliphatic carbocycles. The second-order valence-corrected chi connectivity index (χ2v) is 6.59. The van der Waals surface area contributed by atoms with Crippen LogP contribution in [0.15, 0.2) is 30.0 Å². The van der Waals surface area contributed by atoms with Gasteiger partial charge < -0.3 is 15.4 Å². The van der Waals surface area contributed by atoms with Gasteiger partial charge >= 0.3 is 0 Å². The summed E-state index contributed by atoms with van der Waals surface area (Å²) in [6.45, 7) is 2.27. The summed E-state index contributed by atoms with van der Waals surface area (Å²) in [6.07, 6.45) is 12.0. The monoisotopic (exact) mass is 329 g/mol. The molecule has 0 aromatic carbocycles. The van der Waals surface area contributed by atoms with E-state index in [1.807, 2.05) is 12.1 Å². The molecular weight excluding hydrogens is 302 g/mol. The summed E-state index contributed by atoms with van der Waals surface area (Å²) in [5.74, 6) is 0.713. The second-order valence-electron chi connectivity index (χ2n) is 6.59. The van der Waals surface area contributed by atoms with Crippen molar-refractivity contribution in [1.29, 1.82) is 0 Å². The van der Waals surface area contributed by atoms with Crippen molar-refractivity contribution in [3.8, 4) is 0 Å². The molecule has 0 atom stereocenters. The Hall–Kier alpha value is -1.88. The van der Waals surface area contributed by atoms with Gasteiger partial charge in [-0.15, -0.1) is 0 Å². The third-order valence-electron chi connectivity index (χ3n) is 4.77. The maximum atomic E-state index is 12.2. The van der Waals surface area contributed by atoms with E-state index in [1.165, 1.54) is 25.7 Å². The molecule has 1 fully saturated rings. The van der Waals surface area contributed by atoms with E-state index in [0.717, 1.165) is 31.5 Å². The molecule has 0 radical (unpaired) electrons. The molecule has 0 unspecified atom stereocenters. The molecule has 2 aliphatic rings. The number of aromatic nitrogens is 1. The Labute approximate surface area is 143 Å². The van der Waals surface area contributed by atoms with Gasteiger partial charge in [-0.25, -0.2) is 4.98 Å². The number of nitrogens with zero attached hydrogens (tertiary/aromatic N) is 1. The highest BCUT2D eigenvalue weighted by Gasteiger charge is 2.21. The maximum absolute atomic E-state index is 12.2. The Bertz CT molecular complexity index is 562. The first kappa shape index (κ1) is 17.0. The van der Waals surface area contributed by atoms with E-state index in [0.29, 0.717) is 19.0 Å². The normalized spacial score (nSPS) is 18.8. The number of amides is 1. The molecule has 0 spiro atoms. The van der Waals surface area contributed by atoms with Crippen molar-refractivity contribution in [3.63, 3.8) is 0 Å². The lowest BCUT2D eigenvalue weighted by molar-refractivity contribution is -0.122. The van der Waals surface area contributed by atoms with Crippen LogP contribution in [0.5, 0.6) is 0 Å². The van der Waals surface area contributed by atoms with E-state index in [9.17, 15) is 4.79 Å². The van der Waals surface area contributed by atoms with Crippen LogP contribution in [0.25, 0.3) is 0 Å². The fourth-order valence-electron chi connectivity index (χ4n) is 3.26. The molecule has 1 aromatic rings. The van der Waals surface area contributed by atoms with E-state index in [-0.39, 0.29) is 11.8 Å². The minimum absolute atomic E-state index is 0.0436. The van der Waals surface area contributed by atoms with Gasteiger partial charge in [-0.05, 0) is 57.1 Å². The van der Waals surface area contributed by atoms with Crippen molar-refractivity contribution < 1.29 is 9.53 Å². The van der Waals surface area contributed by atoms with Crippen LogP contribution in [0, 0.1) is 5.92 Å². The number of carbonyl (C=O) groups is 1. The van der Waals surface area contributed by atoms with Crippen LogP contribution in [0.3, 0.4) is 0 Å². The number of pyridine rings is 1. The number of ether oxygens (including phenoxy) is 1. The topological polar surface area (TPSA) is 63.2 Å². The van der Waals surface area contributed by atoms with Gasteiger partial charge in [-0.1, -0.05) is 11.6 Å². The third kappa shape index (κ3) is 5.06. The lowest BCUT2D eigenvalue weighted by Gasteiger charge is -2.21. The molecule has 130 valence electrons. The number of nitrogens with one attached hydrogen (secondary N) is 2. The Balaban J connectivity index is 1.42. The largest absolute Gasteiger partial charge is 0.383 e. The first-order valence-corrected chi connectivity index (χ1v) is 9.08. The second kappa shape index (κ2) is 8.83. The average Bonchev–Trinajstić information content (AvgIpc) is 2.65. The molecule has 2 heterocycles. The van der Waals surface area contributed by atoms with Gasteiger partial charge in [0, 0.05) is 25.7 Å². The average molecular weight is 329 g/mol. The Kier molecular flexibility index (Phi) is 6.24. The Morgan fingerprint density at radius 3 is 2.83 bits per heavy atom. The number of rotatable bonds is 6. The van der Waals surface area contributed by atoms with E-state index in [1.54, 1.807) is 11.8 Å². The van der Waals surface area contributed by atoms with Gasteiger partial charge in [-0.3, -0.25) is 4.79 Å². The fraction of sp³-hybridized carbons (Fsp3) is 0.579. The zero-order valence-electron chi connectivity index (χ0n) is 14.2. The van der Waals surface area contributed by atoms with E-state index in [2.05, 4.69) is 21.7 Å². The number of anilines is 2. The highest BCUT2D eigenvalue weighted by Crippen LogP contribution is 2.20. The van der Waals surface area contributed by atoms with Gasteiger partial charge in [0.05, 0.1) is 11.9 Å². The van der Waals surface area contributed by atoms with Crippen LogP contribution < -0.4 is 10.6 Å². The summed E-state index contributed by atoms with van der Waals surface area (Å²) in [5, 5.41) is 6.31. The van der Waals surface area contributed by atoms with Gasteiger partial charge in [0.2, 0.25) is 5.91 Å². The van der Waals surface area contributed by atoms with Crippen molar-refractivity contribution in [2.75, 3.05) is 30.4 Å². The fourth-order valence-corrected chi connectivity index (χ4v) is 3.26. The molecule has 0 saturated carbocycles. The summed E-state index contributed by atoms with van der Waals surface area (Å²) < 4.78 is 5.29. The van der Waals surface area contributed by atoms with Gasteiger partial charge in [0.1, 0.15) is 5.82 Å². The van der Waals surface area contributed by atoms with E-state index in [4.69, 9.17) is 4.74 Å². The molecule has 5 heteroatoms. The molecule has 3 rings (SSSR count). The smallest absolute Gasteiger partial charge is 0.228 e. The first-order valence-electron chi connectivity index (χ1n) is 9.08. The van der Waals surface area contributed by atoms with Crippen LogP contribution in [-0.2, 0) is 9.53 Å².